The number of pyridine rings is 2. The molecule has 0 bridgehead atoms. The standard InChI is InChI=1S/C27H25N3O4S2/c1-35(31,32)23-10-4-7-20(17-23)24(22-9-5-13-28-19-22)18-21-8-6-14-29-27(21)30-15-16-36(33,34)26-12-3-2-11-25(26)30/h2-14,17,19,24H,15-16,18H2,1H3. The molecule has 1 unspecified atom stereocenters. The highest BCUT2D eigenvalue weighted by Crippen LogP contribution is 2.38. The lowest BCUT2D eigenvalue weighted by Crippen LogP contribution is -2.33. The Balaban J connectivity index is 1.61. The second-order valence-electron chi connectivity index (χ2n) is 8.81. The molecular formula is C27H25N3O4S2. The number of aromatic nitrogens is 2. The molecule has 0 saturated carbocycles. The zero-order valence-electron chi connectivity index (χ0n) is 19.7. The summed E-state index contributed by atoms with van der Waals surface area (Å²) in [6.45, 7) is 0.296. The number of sulfone groups is 2. The molecule has 36 heavy (non-hydrogen) atoms. The Morgan fingerprint density at radius 2 is 1.72 bits per heavy atom. The molecule has 9 heteroatoms. The monoisotopic (exact) mass is 519 g/mol. The van der Waals surface area contributed by atoms with Crippen LogP contribution >= 0.6 is 0 Å². The Bertz CT molecular complexity index is 1620. The smallest absolute Gasteiger partial charge is 0.182 e. The van der Waals surface area contributed by atoms with Crippen molar-refractivity contribution in [2.24, 2.45) is 0 Å². The van der Waals surface area contributed by atoms with E-state index in [0.717, 1.165) is 16.7 Å². The molecule has 0 fully saturated rings. The summed E-state index contributed by atoms with van der Waals surface area (Å²) >= 11 is 0. The lowest BCUT2D eigenvalue weighted by atomic mass is 9.86. The third-order valence-corrected chi connectivity index (χ3v) is 9.24. The molecule has 184 valence electrons. The van der Waals surface area contributed by atoms with Crippen LogP contribution in [0.1, 0.15) is 22.6 Å². The SMILES string of the molecule is CS(=O)(=O)c1cccc(C(Cc2cccnc2N2CCS(=O)(=O)c3ccccc32)c2cccnc2)c1. The maximum atomic E-state index is 12.7. The molecule has 0 radical (unpaired) electrons. The molecule has 3 heterocycles. The number of hydrogen-bond acceptors (Lipinski definition) is 7. The van der Waals surface area contributed by atoms with Crippen molar-refractivity contribution >= 4 is 31.2 Å². The van der Waals surface area contributed by atoms with Crippen LogP contribution < -0.4 is 4.90 Å². The maximum Gasteiger partial charge on any atom is 0.182 e. The Morgan fingerprint density at radius 1 is 0.944 bits per heavy atom. The first-order valence-corrected chi connectivity index (χ1v) is 15.0. The molecular weight excluding hydrogens is 494 g/mol. The average molecular weight is 520 g/mol. The van der Waals surface area contributed by atoms with Crippen molar-refractivity contribution in [2.75, 3.05) is 23.5 Å². The maximum absolute atomic E-state index is 12.7. The van der Waals surface area contributed by atoms with E-state index in [1.807, 2.05) is 41.3 Å². The minimum absolute atomic E-state index is 0.00245. The van der Waals surface area contributed by atoms with Crippen LogP contribution in [0.2, 0.25) is 0 Å². The van der Waals surface area contributed by atoms with Crippen molar-refractivity contribution in [1.82, 2.24) is 9.97 Å². The average Bonchev–Trinajstić information content (AvgIpc) is 2.88. The van der Waals surface area contributed by atoms with Gasteiger partial charge in [-0.25, -0.2) is 21.8 Å². The minimum atomic E-state index is -3.38. The third-order valence-electron chi connectivity index (χ3n) is 6.40. The zero-order chi connectivity index (χ0) is 25.3. The molecule has 0 saturated heterocycles. The van der Waals surface area contributed by atoms with E-state index in [1.54, 1.807) is 55.0 Å². The van der Waals surface area contributed by atoms with Gasteiger partial charge in [0.25, 0.3) is 0 Å². The van der Waals surface area contributed by atoms with Gasteiger partial charge in [0.1, 0.15) is 5.82 Å². The number of nitrogens with zero attached hydrogens (tertiary/aromatic N) is 3. The summed E-state index contributed by atoms with van der Waals surface area (Å²) in [7, 11) is -6.73. The number of benzene rings is 2. The molecule has 2 aromatic carbocycles. The summed E-state index contributed by atoms with van der Waals surface area (Å²) in [5.41, 5.74) is 3.33. The van der Waals surface area contributed by atoms with Crippen LogP contribution in [0.4, 0.5) is 11.5 Å². The molecule has 5 rings (SSSR count). The van der Waals surface area contributed by atoms with Crippen molar-refractivity contribution in [3.8, 4) is 0 Å². The molecule has 2 aromatic heterocycles. The normalized spacial score (nSPS) is 15.8. The van der Waals surface area contributed by atoms with Gasteiger partial charge in [-0.15, -0.1) is 0 Å². The first-order chi connectivity index (χ1) is 17.2. The predicted molar refractivity (Wildman–Crippen MR) is 139 cm³/mol. The van der Waals surface area contributed by atoms with Gasteiger partial charge in [-0.1, -0.05) is 36.4 Å². The summed E-state index contributed by atoms with van der Waals surface area (Å²) in [5.74, 6) is 0.503. The number of hydrogen-bond donors (Lipinski definition) is 0. The Morgan fingerprint density at radius 3 is 2.50 bits per heavy atom. The van der Waals surface area contributed by atoms with E-state index >= 15 is 0 Å². The molecule has 0 N–H and O–H groups in total. The zero-order valence-corrected chi connectivity index (χ0v) is 21.3. The van der Waals surface area contributed by atoms with Gasteiger partial charge in [-0.2, -0.15) is 0 Å². The topological polar surface area (TPSA) is 97.3 Å². The van der Waals surface area contributed by atoms with E-state index in [-0.39, 0.29) is 16.6 Å². The van der Waals surface area contributed by atoms with Crippen LogP contribution in [-0.4, -0.2) is 45.4 Å². The minimum Gasteiger partial charge on any atom is -0.324 e. The largest absolute Gasteiger partial charge is 0.324 e. The van der Waals surface area contributed by atoms with Gasteiger partial charge in [0, 0.05) is 37.3 Å². The lowest BCUT2D eigenvalue weighted by molar-refractivity contribution is 0.592. The quantitative estimate of drug-likeness (QED) is 0.377. The van der Waals surface area contributed by atoms with Crippen LogP contribution in [0.15, 0.2) is 101 Å². The highest BCUT2D eigenvalue weighted by Gasteiger charge is 2.31. The van der Waals surface area contributed by atoms with Crippen LogP contribution in [0.5, 0.6) is 0 Å². The van der Waals surface area contributed by atoms with Crippen LogP contribution in [0, 0.1) is 0 Å². The number of para-hydroxylation sites is 1. The van der Waals surface area contributed by atoms with Crippen molar-refractivity contribution in [3.05, 3.63) is 108 Å². The highest BCUT2D eigenvalue weighted by molar-refractivity contribution is 7.91. The van der Waals surface area contributed by atoms with E-state index in [4.69, 9.17) is 0 Å². The third kappa shape index (κ3) is 4.76. The van der Waals surface area contributed by atoms with Crippen molar-refractivity contribution in [3.63, 3.8) is 0 Å². The molecule has 0 amide bonds. The van der Waals surface area contributed by atoms with E-state index in [9.17, 15) is 16.8 Å². The van der Waals surface area contributed by atoms with Gasteiger partial charge in [0.05, 0.1) is 21.2 Å². The molecule has 0 aliphatic carbocycles. The van der Waals surface area contributed by atoms with Gasteiger partial charge < -0.3 is 4.90 Å². The molecule has 1 aliphatic rings. The second-order valence-corrected chi connectivity index (χ2v) is 12.9. The van der Waals surface area contributed by atoms with Gasteiger partial charge in [0.15, 0.2) is 19.7 Å². The Kier molecular flexibility index (Phi) is 6.36. The lowest BCUT2D eigenvalue weighted by Gasteiger charge is -2.32. The first-order valence-electron chi connectivity index (χ1n) is 11.5. The summed E-state index contributed by atoms with van der Waals surface area (Å²) in [6.07, 6.45) is 6.92. The Hall–Kier alpha value is -3.56. The molecule has 1 aliphatic heterocycles. The van der Waals surface area contributed by atoms with Crippen LogP contribution in [0.25, 0.3) is 0 Å². The fraction of sp³-hybridized carbons (Fsp3) is 0.185. The summed E-state index contributed by atoms with van der Waals surface area (Å²) in [5, 5.41) is 0. The number of rotatable bonds is 6. The molecule has 1 atom stereocenters. The first kappa shape index (κ1) is 24.1. The number of anilines is 2. The van der Waals surface area contributed by atoms with Crippen molar-refractivity contribution in [1.29, 1.82) is 0 Å². The number of fused-ring (bicyclic) bond motifs is 1. The summed E-state index contributed by atoms with van der Waals surface area (Å²) < 4.78 is 49.9. The van der Waals surface area contributed by atoms with E-state index < -0.39 is 19.7 Å². The fourth-order valence-electron chi connectivity index (χ4n) is 4.63. The van der Waals surface area contributed by atoms with Crippen molar-refractivity contribution in [2.45, 2.75) is 22.1 Å². The Labute approximate surface area is 211 Å². The van der Waals surface area contributed by atoms with E-state index in [2.05, 4.69) is 9.97 Å². The summed E-state index contributed by atoms with van der Waals surface area (Å²) in [4.78, 5) is 11.5. The van der Waals surface area contributed by atoms with Gasteiger partial charge >= 0.3 is 0 Å². The molecule has 0 spiro atoms. The van der Waals surface area contributed by atoms with Gasteiger partial charge in [-0.05, 0) is 59.5 Å². The van der Waals surface area contributed by atoms with Crippen LogP contribution in [0.3, 0.4) is 0 Å². The molecule has 4 aromatic rings. The van der Waals surface area contributed by atoms with Gasteiger partial charge in [0.2, 0.25) is 0 Å². The van der Waals surface area contributed by atoms with Crippen LogP contribution in [-0.2, 0) is 26.1 Å². The summed E-state index contributed by atoms with van der Waals surface area (Å²) in [6, 6.07) is 21.7. The van der Waals surface area contributed by atoms with E-state index in [0.29, 0.717) is 29.4 Å². The predicted octanol–water partition coefficient (Wildman–Crippen LogP) is 4.18. The second kappa shape index (κ2) is 9.48. The van der Waals surface area contributed by atoms with Crippen molar-refractivity contribution < 1.29 is 16.8 Å². The van der Waals surface area contributed by atoms with E-state index in [1.165, 1.54) is 6.26 Å². The fourth-order valence-corrected chi connectivity index (χ4v) is 6.73. The highest BCUT2D eigenvalue weighted by atomic mass is 32.2. The van der Waals surface area contributed by atoms with Gasteiger partial charge in [-0.3, -0.25) is 4.98 Å². The molecule has 7 nitrogen and oxygen atoms in total.